The van der Waals surface area contributed by atoms with Crippen LogP contribution in [0.3, 0.4) is 0 Å². The van der Waals surface area contributed by atoms with Crippen LogP contribution < -0.4 is 16.2 Å². The number of unbranched alkanes of at least 4 members (excludes halogenated alkanes) is 3. The molecule has 0 radical (unpaired) electrons. The van der Waals surface area contributed by atoms with Crippen molar-refractivity contribution in [2.45, 2.75) is 32.6 Å². The minimum atomic E-state index is -0.492. The highest BCUT2D eigenvalue weighted by atomic mass is 16.5. The second kappa shape index (κ2) is 6.78. The van der Waals surface area contributed by atoms with Gasteiger partial charge in [-0.1, -0.05) is 26.2 Å². The fourth-order valence-electron chi connectivity index (χ4n) is 1.57. The summed E-state index contributed by atoms with van der Waals surface area (Å²) in [5, 5.41) is 0. The zero-order valence-corrected chi connectivity index (χ0v) is 10.2. The van der Waals surface area contributed by atoms with Gasteiger partial charge < -0.3 is 16.2 Å². The second-order valence-electron chi connectivity index (χ2n) is 4.03. The van der Waals surface area contributed by atoms with Gasteiger partial charge in [-0.2, -0.15) is 0 Å². The highest BCUT2D eigenvalue weighted by molar-refractivity contribution is 5.96. The van der Waals surface area contributed by atoms with E-state index in [1.54, 1.807) is 18.2 Å². The summed E-state index contributed by atoms with van der Waals surface area (Å²) >= 11 is 0. The molecule has 0 atom stereocenters. The van der Waals surface area contributed by atoms with Crippen LogP contribution in [0.15, 0.2) is 18.2 Å². The van der Waals surface area contributed by atoms with Crippen molar-refractivity contribution in [3.8, 4) is 5.75 Å². The highest BCUT2D eigenvalue weighted by Crippen LogP contribution is 2.21. The third-order valence-corrected chi connectivity index (χ3v) is 2.53. The van der Waals surface area contributed by atoms with Gasteiger partial charge in [-0.15, -0.1) is 0 Å². The van der Waals surface area contributed by atoms with E-state index in [9.17, 15) is 4.79 Å². The molecule has 4 heteroatoms. The van der Waals surface area contributed by atoms with Crippen molar-refractivity contribution in [3.63, 3.8) is 0 Å². The summed E-state index contributed by atoms with van der Waals surface area (Å²) in [6.45, 7) is 2.74. The van der Waals surface area contributed by atoms with E-state index in [0.29, 0.717) is 23.6 Å². The van der Waals surface area contributed by atoms with Crippen LogP contribution in [0, 0.1) is 0 Å². The molecule has 4 N–H and O–H groups in total. The van der Waals surface area contributed by atoms with Crippen molar-refractivity contribution in [3.05, 3.63) is 23.8 Å². The third kappa shape index (κ3) is 4.34. The zero-order chi connectivity index (χ0) is 12.7. The quantitative estimate of drug-likeness (QED) is 0.563. The van der Waals surface area contributed by atoms with E-state index in [1.165, 1.54) is 12.8 Å². The fourth-order valence-corrected chi connectivity index (χ4v) is 1.57. The molecule has 1 amide bonds. The first-order chi connectivity index (χ1) is 8.15. The van der Waals surface area contributed by atoms with E-state index < -0.39 is 5.91 Å². The molecule has 0 aliphatic heterocycles. The lowest BCUT2D eigenvalue weighted by Gasteiger charge is -2.10. The van der Waals surface area contributed by atoms with Crippen LogP contribution in [0.1, 0.15) is 43.0 Å². The van der Waals surface area contributed by atoms with E-state index in [0.717, 1.165) is 12.8 Å². The Morgan fingerprint density at radius 2 is 2.06 bits per heavy atom. The van der Waals surface area contributed by atoms with Gasteiger partial charge in [0.25, 0.3) is 5.91 Å². The summed E-state index contributed by atoms with van der Waals surface area (Å²) in [7, 11) is 0. The predicted octanol–water partition coefficient (Wildman–Crippen LogP) is 2.33. The minimum Gasteiger partial charge on any atom is -0.493 e. The van der Waals surface area contributed by atoms with Crippen LogP contribution in [0.5, 0.6) is 5.75 Å². The van der Waals surface area contributed by atoms with Crippen molar-refractivity contribution >= 4 is 11.6 Å². The fraction of sp³-hybridized carbons (Fsp3) is 0.462. The Labute approximate surface area is 102 Å². The van der Waals surface area contributed by atoms with Gasteiger partial charge in [-0.25, -0.2) is 0 Å². The molecule has 17 heavy (non-hydrogen) atoms. The summed E-state index contributed by atoms with van der Waals surface area (Å²) in [4.78, 5) is 11.2. The standard InChI is InChI=1S/C13H20N2O2/c1-2-3-4-5-8-17-12-9-10(14)6-7-11(12)13(15)16/h6-7,9H,2-5,8,14H2,1H3,(H2,15,16). The minimum absolute atomic E-state index is 0.384. The van der Waals surface area contributed by atoms with Gasteiger partial charge in [0.1, 0.15) is 5.75 Å². The largest absolute Gasteiger partial charge is 0.493 e. The summed E-state index contributed by atoms with van der Waals surface area (Å²) < 4.78 is 5.55. The van der Waals surface area contributed by atoms with Gasteiger partial charge in [-0.3, -0.25) is 4.79 Å². The van der Waals surface area contributed by atoms with E-state index in [4.69, 9.17) is 16.2 Å². The van der Waals surface area contributed by atoms with Crippen LogP contribution in [-0.2, 0) is 0 Å². The molecule has 0 saturated carbocycles. The molecular weight excluding hydrogens is 216 g/mol. The van der Waals surface area contributed by atoms with Crippen LogP contribution >= 0.6 is 0 Å². The molecule has 94 valence electrons. The van der Waals surface area contributed by atoms with Crippen molar-refractivity contribution in [2.24, 2.45) is 5.73 Å². The predicted molar refractivity (Wildman–Crippen MR) is 69.0 cm³/mol. The number of carbonyl (C=O) groups is 1. The van der Waals surface area contributed by atoms with Crippen LogP contribution in [0.4, 0.5) is 5.69 Å². The number of benzene rings is 1. The van der Waals surface area contributed by atoms with Crippen LogP contribution in [0.25, 0.3) is 0 Å². The van der Waals surface area contributed by atoms with Crippen molar-refractivity contribution in [2.75, 3.05) is 12.3 Å². The molecular formula is C13H20N2O2. The number of hydrogen-bond acceptors (Lipinski definition) is 3. The number of carbonyl (C=O) groups excluding carboxylic acids is 1. The number of nitrogens with two attached hydrogens (primary N) is 2. The molecule has 4 nitrogen and oxygen atoms in total. The smallest absolute Gasteiger partial charge is 0.252 e. The lowest BCUT2D eigenvalue weighted by atomic mass is 10.1. The summed E-state index contributed by atoms with van der Waals surface area (Å²) in [6.07, 6.45) is 4.49. The van der Waals surface area contributed by atoms with E-state index in [-0.39, 0.29) is 0 Å². The Kier molecular flexibility index (Phi) is 5.33. The van der Waals surface area contributed by atoms with Gasteiger partial charge in [0.2, 0.25) is 0 Å². The maximum atomic E-state index is 11.2. The average molecular weight is 236 g/mol. The average Bonchev–Trinajstić information content (AvgIpc) is 2.28. The highest BCUT2D eigenvalue weighted by Gasteiger charge is 2.09. The van der Waals surface area contributed by atoms with Crippen molar-refractivity contribution < 1.29 is 9.53 Å². The molecule has 0 aliphatic rings. The Morgan fingerprint density at radius 1 is 1.29 bits per heavy atom. The molecule has 0 spiro atoms. The number of nitrogen functional groups attached to an aromatic ring is 1. The van der Waals surface area contributed by atoms with Crippen LogP contribution in [-0.4, -0.2) is 12.5 Å². The monoisotopic (exact) mass is 236 g/mol. The Hall–Kier alpha value is -1.71. The number of hydrogen-bond donors (Lipinski definition) is 2. The molecule has 0 aliphatic carbocycles. The van der Waals surface area contributed by atoms with Crippen molar-refractivity contribution in [1.29, 1.82) is 0 Å². The molecule has 0 unspecified atom stereocenters. The Balaban J connectivity index is 2.56. The normalized spacial score (nSPS) is 10.2. The van der Waals surface area contributed by atoms with E-state index in [1.807, 2.05) is 0 Å². The first-order valence-electron chi connectivity index (χ1n) is 5.97. The Morgan fingerprint density at radius 3 is 2.71 bits per heavy atom. The number of primary amides is 1. The lowest BCUT2D eigenvalue weighted by Crippen LogP contribution is -2.13. The first kappa shape index (κ1) is 13.4. The number of rotatable bonds is 7. The molecule has 0 aromatic heterocycles. The SMILES string of the molecule is CCCCCCOc1cc(N)ccc1C(N)=O. The Bertz CT molecular complexity index is 378. The van der Waals surface area contributed by atoms with Gasteiger partial charge in [0.15, 0.2) is 0 Å². The van der Waals surface area contributed by atoms with E-state index >= 15 is 0 Å². The van der Waals surface area contributed by atoms with E-state index in [2.05, 4.69) is 6.92 Å². The number of anilines is 1. The molecule has 0 bridgehead atoms. The molecule has 1 rings (SSSR count). The molecule has 0 heterocycles. The van der Waals surface area contributed by atoms with Gasteiger partial charge in [0, 0.05) is 11.8 Å². The maximum Gasteiger partial charge on any atom is 0.252 e. The first-order valence-corrected chi connectivity index (χ1v) is 5.97. The lowest BCUT2D eigenvalue weighted by molar-refractivity contribution is 0.0996. The number of ether oxygens (including phenoxy) is 1. The molecule has 0 fully saturated rings. The summed E-state index contributed by atoms with van der Waals surface area (Å²) in [6, 6.07) is 4.88. The molecule has 1 aromatic rings. The molecule has 1 aromatic carbocycles. The number of amides is 1. The zero-order valence-electron chi connectivity index (χ0n) is 10.2. The second-order valence-corrected chi connectivity index (χ2v) is 4.03. The topological polar surface area (TPSA) is 78.3 Å². The van der Waals surface area contributed by atoms with Crippen LogP contribution in [0.2, 0.25) is 0 Å². The summed E-state index contributed by atoms with van der Waals surface area (Å²) in [5.41, 5.74) is 11.9. The van der Waals surface area contributed by atoms with Gasteiger partial charge >= 0.3 is 0 Å². The van der Waals surface area contributed by atoms with Gasteiger partial charge in [0.05, 0.1) is 12.2 Å². The summed E-state index contributed by atoms with van der Waals surface area (Å²) in [5.74, 6) is -0.0115. The van der Waals surface area contributed by atoms with Crippen molar-refractivity contribution in [1.82, 2.24) is 0 Å². The maximum absolute atomic E-state index is 11.2. The molecule has 0 saturated heterocycles. The van der Waals surface area contributed by atoms with Gasteiger partial charge in [-0.05, 0) is 18.6 Å². The third-order valence-electron chi connectivity index (χ3n) is 2.53.